The van der Waals surface area contributed by atoms with Crippen molar-refractivity contribution in [2.24, 2.45) is 0 Å². The van der Waals surface area contributed by atoms with Crippen molar-refractivity contribution < 1.29 is 9.53 Å². The number of nitrogens with zero attached hydrogens (tertiary/aromatic N) is 2. The summed E-state index contributed by atoms with van der Waals surface area (Å²) in [4.78, 5) is 16.6. The minimum atomic E-state index is 0.0943. The van der Waals surface area contributed by atoms with E-state index >= 15 is 0 Å². The Labute approximate surface area is 142 Å². The number of carbonyl (C=O) groups is 1. The van der Waals surface area contributed by atoms with E-state index in [1.807, 2.05) is 54.6 Å². The minimum Gasteiger partial charge on any atom is -0.497 e. The molecule has 3 rings (SSSR count). The monoisotopic (exact) mass is 342 g/mol. The molecule has 0 aliphatic rings. The van der Waals surface area contributed by atoms with E-state index < -0.39 is 0 Å². The fourth-order valence-electron chi connectivity index (χ4n) is 1.96. The lowest BCUT2D eigenvalue weighted by molar-refractivity contribution is 0.102. The van der Waals surface area contributed by atoms with Crippen LogP contribution in [0, 0.1) is 0 Å². The van der Waals surface area contributed by atoms with Gasteiger partial charge in [-0.3, -0.25) is 4.79 Å². The molecule has 0 saturated heterocycles. The molecular weight excluding hydrogens is 328 g/mol. The van der Waals surface area contributed by atoms with Crippen LogP contribution in [-0.2, 0) is 0 Å². The highest BCUT2D eigenvalue weighted by Crippen LogP contribution is 2.26. The first-order chi connectivity index (χ1) is 11.3. The van der Waals surface area contributed by atoms with Crippen LogP contribution in [0.2, 0.25) is 0 Å². The molecule has 3 aromatic rings. The summed E-state index contributed by atoms with van der Waals surface area (Å²) in [5, 5.41) is 0. The molecule has 0 amide bonds. The number of benzene rings is 2. The molecular formula is C17H14N2O2S2. The third kappa shape index (κ3) is 3.97. The number of ether oxygens (including phenoxy) is 1. The van der Waals surface area contributed by atoms with Crippen LogP contribution in [0.1, 0.15) is 10.4 Å². The maximum atomic E-state index is 12.1. The zero-order valence-corrected chi connectivity index (χ0v) is 14.1. The van der Waals surface area contributed by atoms with Crippen LogP contribution in [0.5, 0.6) is 5.75 Å². The fourth-order valence-corrected chi connectivity index (χ4v) is 3.47. The summed E-state index contributed by atoms with van der Waals surface area (Å²) < 4.78 is 10.3. The standard InChI is InChI=1S/C17H14N2O2S2/c1-21-14-9-7-13(8-10-14)16-18-17(23-19-16)22-11-15(20)12-5-3-2-4-6-12/h2-10H,11H2,1H3. The Kier molecular flexibility index (Phi) is 5.05. The van der Waals surface area contributed by atoms with Gasteiger partial charge in [-0.2, -0.15) is 4.37 Å². The van der Waals surface area contributed by atoms with Crippen LogP contribution in [0.25, 0.3) is 11.4 Å². The van der Waals surface area contributed by atoms with Crippen molar-refractivity contribution in [3.05, 3.63) is 60.2 Å². The van der Waals surface area contributed by atoms with Gasteiger partial charge >= 0.3 is 0 Å². The van der Waals surface area contributed by atoms with E-state index in [2.05, 4.69) is 9.36 Å². The summed E-state index contributed by atoms with van der Waals surface area (Å²) in [7, 11) is 1.63. The highest BCUT2D eigenvalue weighted by molar-refractivity contribution is 8.01. The van der Waals surface area contributed by atoms with E-state index in [4.69, 9.17) is 4.74 Å². The number of carbonyl (C=O) groups excluding carboxylic acids is 1. The second-order valence-electron chi connectivity index (χ2n) is 4.69. The SMILES string of the molecule is COc1ccc(-c2nsc(SCC(=O)c3ccccc3)n2)cc1. The lowest BCUT2D eigenvalue weighted by Crippen LogP contribution is -2.01. The molecule has 0 aliphatic heterocycles. The molecule has 4 nitrogen and oxygen atoms in total. The third-order valence-corrected chi connectivity index (χ3v) is 5.01. The molecule has 0 aliphatic carbocycles. The topological polar surface area (TPSA) is 52.1 Å². The summed E-state index contributed by atoms with van der Waals surface area (Å²) in [5.74, 6) is 1.93. The Morgan fingerprint density at radius 1 is 1.13 bits per heavy atom. The largest absolute Gasteiger partial charge is 0.497 e. The number of thioether (sulfide) groups is 1. The first-order valence-corrected chi connectivity index (χ1v) is 8.71. The number of methoxy groups -OCH3 is 1. The van der Waals surface area contributed by atoms with Gasteiger partial charge < -0.3 is 4.74 Å². The summed E-state index contributed by atoms with van der Waals surface area (Å²) >= 11 is 2.73. The van der Waals surface area contributed by atoms with Gasteiger partial charge in [-0.25, -0.2) is 4.98 Å². The molecule has 6 heteroatoms. The van der Waals surface area contributed by atoms with Crippen molar-refractivity contribution >= 4 is 29.1 Å². The quantitative estimate of drug-likeness (QED) is 0.497. The van der Waals surface area contributed by atoms with E-state index in [0.717, 1.165) is 21.2 Å². The zero-order valence-electron chi connectivity index (χ0n) is 12.4. The van der Waals surface area contributed by atoms with Gasteiger partial charge in [0, 0.05) is 11.1 Å². The molecule has 0 radical (unpaired) electrons. The van der Waals surface area contributed by atoms with E-state index in [1.165, 1.54) is 23.3 Å². The van der Waals surface area contributed by atoms with Gasteiger partial charge in [-0.15, -0.1) is 0 Å². The highest BCUT2D eigenvalue weighted by Gasteiger charge is 2.10. The Morgan fingerprint density at radius 2 is 1.87 bits per heavy atom. The van der Waals surface area contributed by atoms with Gasteiger partial charge in [0.25, 0.3) is 0 Å². The van der Waals surface area contributed by atoms with Crippen molar-refractivity contribution in [3.63, 3.8) is 0 Å². The molecule has 0 bridgehead atoms. The fraction of sp³-hybridized carbons (Fsp3) is 0.118. The summed E-state index contributed by atoms with van der Waals surface area (Å²) in [6.07, 6.45) is 0. The van der Waals surface area contributed by atoms with E-state index in [-0.39, 0.29) is 5.78 Å². The highest BCUT2D eigenvalue weighted by atomic mass is 32.2. The van der Waals surface area contributed by atoms with Crippen LogP contribution in [-0.4, -0.2) is 28.0 Å². The van der Waals surface area contributed by atoms with Crippen molar-refractivity contribution in [2.45, 2.75) is 4.34 Å². The van der Waals surface area contributed by atoms with Crippen molar-refractivity contribution in [1.29, 1.82) is 0 Å². The number of hydrogen-bond donors (Lipinski definition) is 0. The molecule has 0 spiro atoms. The van der Waals surface area contributed by atoms with Crippen LogP contribution < -0.4 is 4.74 Å². The summed E-state index contributed by atoms with van der Waals surface area (Å²) in [5.41, 5.74) is 1.66. The van der Waals surface area contributed by atoms with Gasteiger partial charge in [-0.1, -0.05) is 42.1 Å². The summed E-state index contributed by atoms with van der Waals surface area (Å²) in [6.45, 7) is 0. The van der Waals surface area contributed by atoms with Gasteiger partial charge in [0.2, 0.25) is 0 Å². The molecule has 0 saturated carbocycles. The van der Waals surface area contributed by atoms with Crippen LogP contribution in [0.4, 0.5) is 0 Å². The first-order valence-electron chi connectivity index (χ1n) is 6.95. The van der Waals surface area contributed by atoms with Gasteiger partial charge in [0.15, 0.2) is 15.9 Å². The number of Topliss-reactive ketones (excluding diaryl/α,β-unsaturated/α-hetero) is 1. The average molecular weight is 342 g/mol. The Morgan fingerprint density at radius 3 is 2.57 bits per heavy atom. The maximum Gasteiger partial charge on any atom is 0.174 e. The molecule has 1 aromatic heterocycles. The van der Waals surface area contributed by atoms with Crippen molar-refractivity contribution in [1.82, 2.24) is 9.36 Å². The predicted octanol–water partition coefficient (Wildman–Crippen LogP) is 4.19. The lowest BCUT2D eigenvalue weighted by atomic mass is 10.2. The zero-order chi connectivity index (χ0) is 16.1. The van der Waals surface area contributed by atoms with E-state index in [1.54, 1.807) is 7.11 Å². The summed E-state index contributed by atoms with van der Waals surface area (Å²) in [6, 6.07) is 16.9. The molecule has 1 heterocycles. The molecule has 2 aromatic carbocycles. The number of ketones is 1. The van der Waals surface area contributed by atoms with Crippen LogP contribution in [0.3, 0.4) is 0 Å². The molecule has 0 unspecified atom stereocenters. The average Bonchev–Trinajstić information content (AvgIpc) is 3.09. The second-order valence-corrected chi connectivity index (χ2v) is 6.66. The van der Waals surface area contributed by atoms with E-state index in [9.17, 15) is 4.79 Å². The Hall–Kier alpha value is -2.18. The van der Waals surface area contributed by atoms with Crippen molar-refractivity contribution in [3.8, 4) is 17.1 Å². The first kappa shape index (κ1) is 15.7. The Bertz CT molecular complexity index is 786. The normalized spacial score (nSPS) is 10.5. The number of rotatable bonds is 6. The molecule has 23 heavy (non-hydrogen) atoms. The van der Waals surface area contributed by atoms with Gasteiger partial charge in [0.1, 0.15) is 5.75 Å². The lowest BCUT2D eigenvalue weighted by Gasteiger charge is -1.99. The van der Waals surface area contributed by atoms with Gasteiger partial charge in [-0.05, 0) is 35.8 Å². The second kappa shape index (κ2) is 7.39. The predicted molar refractivity (Wildman–Crippen MR) is 93.4 cm³/mol. The number of aromatic nitrogens is 2. The van der Waals surface area contributed by atoms with Crippen LogP contribution >= 0.6 is 23.3 Å². The third-order valence-electron chi connectivity index (χ3n) is 3.18. The van der Waals surface area contributed by atoms with Crippen LogP contribution in [0.15, 0.2) is 58.9 Å². The smallest absolute Gasteiger partial charge is 0.174 e. The molecule has 116 valence electrons. The van der Waals surface area contributed by atoms with Gasteiger partial charge in [0.05, 0.1) is 12.9 Å². The molecule has 0 atom stereocenters. The molecule has 0 N–H and O–H groups in total. The van der Waals surface area contributed by atoms with Crippen molar-refractivity contribution in [2.75, 3.05) is 12.9 Å². The maximum absolute atomic E-state index is 12.1. The van der Waals surface area contributed by atoms with E-state index in [0.29, 0.717) is 11.6 Å². The minimum absolute atomic E-state index is 0.0943. The number of hydrogen-bond acceptors (Lipinski definition) is 6. The molecule has 0 fully saturated rings. The Balaban J connectivity index is 1.64.